The molecular formula is C18H22FN3O4S. The summed E-state index contributed by atoms with van der Waals surface area (Å²) in [4.78, 5) is 12.5. The van der Waals surface area contributed by atoms with Gasteiger partial charge in [-0.2, -0.15) is 4.31 Å². The molecule has 0 atom stereocenters. The van der Waals surface area contributed by atoms with E-state index in [0.29, 0.717) is 24.1 Å². The van der Waals surface area contributed by atoms with E-state index in [1.165, 1.54) is 16.4 Å². The summed E-state index contributed by atoms with van der Waals surface area (Å²) in [6.07, 6.45) is 0.856. The van der Waals surface area contributed by atoms with Gasteiger partial charge in [-0.25, -0.2) is 12.8 Å². The maximum absolute atomic E-state index is 13.2. The average Bonchev–Trinajstić information content (AvgIpc) is 2.99. The second-order valence-corrected chi connectivity index (χ2v) is 8.55. The normalized spacial score (nSPS) is 16.4. The number of hydrogen-bond acceptors (Lipinski definition) is 5. The molecule has 1 saturated heterocycles. The molecule has 146 valence electrons. The van der Waals surface area contributed by atoms with Crippen LogP contribution in [0, 0.1) is 25.6 Å². The maximum atomic E-state index is 13.2. The van der Waals surface area contributed by atoms with Gasteiger partial charge >= 0.3 is 0 Å². The van der Waals surface area contributed by atoms with Gasteiger partial charge in [-0.1, -0.05) is 17.3 Å². The Morgan fingerprint density at radius 2 is 2.04 bits per heavy atom. The molecule has 0 radical (unpaired) electrons. The Kier molecular flexibility index (Phi) is 5.61. The van der Waals surface area contributed by atoms with Gasteiger partial charge in [0, 0.05) is 25.6 Å². The first-order valence-corrected chi connectivity index (χ1v) is 10.2. The van der Waals surface area contributed by atoms with Gasteiger partial charge in [-0.05, 0) is 44.4 Å². The summed E-state index contributed by atoms with van der Waals surface area (Å²) in [7, 11) is -3.69. The summed E-state index contributed by atoms with van der Waals surface area (Å²) in [6, 6.07) is 6.05. The zero-order valence-electron chi connectivity index (χ0n) is 15.2. The zero-order chi connectivity index (χ0) is 19.6. The highest BCUT2D eigenvalue weighted by Crippen LogP contribution is 2.27. The molecule has 1 fully saturated rings. The second kappa shape index (κ2) is 7.77. The van der Waals surface area contributed by atoms with Crippen LogP contribution in [0.5, 0.6) is 0 Å². The standard InChI is InChI=1S/C18H22FN3O4S/c1-12-17(13(2)26-21-12)27(24,25)22-8-6-15(7-9-22)18(23)20-11-14-4-3-5-16(19)10-14/h3-5,10,15H,6-9,11H2,1-2H3,(H,20,23). The minimum Gasteiger partial charge on any atom is -0.360 e. The molecule has 1 aliphatic rings. The van der Waals surface area contributed by atoms with Crippen LogP contribution >= 0.6 is 0 Å². The number of amides is 1. The van der Waals surface area contributed by atoms with Gasteiger partial charge in [0.25, 0.3) is 0 Å². The summed E-state index contributed by atoms with van der Waals surface area (Å²) in [6.45, 7) is 3.92. The molecule has 1 aromatic heterocycles. The molecule has 0 unspecified atom stereocenters. The number of piperidine rings is 1. The van der Waals surface area contributed by atoms with Gasteiger partial charge in [0.1, 0.15) is 16.4 Å². The Hall–Kier alpha value is -2.26. The van der Waals surface area contributed by atoms with Gasteiger partial charge < -0.3 is 9.84 Å². The lowest BCUT2D eigenvalue weighted by molar-refractivity contribution is -0.126. The zero-order valence-corrected chi connectivity index (χ0v) is 16.1. The number of hydrogen-bond donors (Lipinski definition) is 1. The van der Waals surface area contributed by atoms with Gasteiger partial charge in [0.2, 0.25) is 15.9 Å². The first-order chi connectivity index (χ1) is 12.8. The highest BCUT2D eigenvalue weighted by atomic mass is 32.2. The van der Waals surface area contributed by atoms with Crippen LogP contribution in [0.3, 0.4) is 0 Å². The number of nitrogens with one attached hydrogen (secondary N) is 1. The lowest BCUT2D eigenvalue weighted by Crippen LogP contribution is -2.43. The van der Waals surface area contributed by atoms with E-state index in [1.54, 1.807) is 26.0 Å². The van der Waals surface area contributed by atoms with Crippen LogP contribution in [-0.4, -0.2) is 36.9 Å². The first kappa shape index (κ1) is 19.5. The fraction of sp³-hybridized carbons (Fsp3) is 0.444. The van der Waals surface area contributed by atoms with Gasteiger partial charge in [-0.15, -0.1) is 0 Å². The molecule has 0 bridgehead atoms. The predicted octanol–water partition coefficient (Wildman–Crippen LogP) is 2.15. The number of carbonyl (C=O) groups is 1. The van der Waals surface area contributed by atoms with Crippen molar-refractivity contribution in [3.63, 3.8) is 0 Å². The third kappa shape index (κ3) is 4.19. The largest absolute Gasteiger partial charge is 0.360 e. The van der Waals surface area contributed by atoms with E-state index >= 15 is 0 Å². The number of carbonyl (C=O) groups excluding carboxylic acids is 1. The summed E-state index contributed by atoms with van der Waals surface area (Å²) >= 11 is 0. The van der Waals surface area contributed by atoms with Crippen LogP contribution in [0.2, 0.25) is 0 Å². The van der Waals surface area contributed by atoms with Gasteiger partial charge in [-0.3, -0.25) is 4.79 Å². The molecule has 0 spiro atoms. The molecule has 1 aliphatic heterocycles. The fourth-order valence-corrected chi connectivity index (χ4v) is 5.07. The topological polar surface area (TPSA) is 92.5 Å². The number of sulfonamides is 1. The Balaban J connectivity index is 1.57. The van der Waals surface area contributed by atoms with Crippen molar-refractivity contribution in [2.45, 2.75) is 38.1 Å². The van der Waals surface area contributed by atoms with Crippen LogP contribution in [0.4, 0.5) is 4.39 Å². The lowest BCUT2D eigenvalue weighted by Gasteiger charge is -2.30. The average molecular weight is 395 g/mol. The summed E-state index contributed by atoms with van der Waals surface area (Å²) in [5.74, 6) is -0.495. The fourth-order valence-electron chi connectivity index (χ4n) is 3.31. The third-order valence-corrected chi connectivity index (χ3v) is 6.89. The lowest BCUT2D eigenvalue weighted by atomic mass is 9.97. The van der Waals surface area contributed by atoms with Crippen molar-refractivity contribution in [3.05, 3.63) is 47.1 Å². The van der Waals surface area contributed by atoms with Crippen molar-refractivity contribution in [2.75, 3.05) is 13.1 Å². The Labute approximate surface area is 157 Å². The molecule has 1 N–H and O–H groups in total. The number of benzene rings is 1. The highest BCUT2D eigenvalue weighted by Gasteiger charge is 2.35. The number of rotatable bonds is 5. The predicted molar refractivity (Wildman–Crippen MR) is 95.7 cm³/mol. The number of aromatic nitrogens is 1. The van der Waals surface area contributed by atoms with E-state index < -0.39 is 10.0 Å². The van der Waals surface area contributed by atoms with Crippen LogP contribution in [0.15, 0.2) is 33.7 Å². The number of halogens is 1. The van der Waals surface area contributed by atoms with Crippen LogP contribution in [0.25, 0.3) is 0 Å². The summed E-state index contributed by atoms with van der Waals surface area (Å²) in [5, 5.41) is 6.50. The molecule has 2 heterocycles. The molecule has 7 nitrogen and oxygen atoms in total. The minimum absolute atomic E-state index is 0.108. The molecule has 9 heteroatoms. The van der Waals surface area contributed by atoms with Crippen molar-refractivity contribution < 1.29 is 22.1 Å². The summed E-state index contributed by atoms with van der Waals surface area (Å²) < 4.78 is 45.1. The number of nitrogens with zero attached hydrogens (tertiary/aromatic N) is 2. The van der Waals surface area contributed by atoms with Crippen molar-refractivity contribution in [3.8, 4) is 0 Å². The molecule has 3 rings (SSSR count). The summed E-state index contributed by atoms with van der Waals surface area (Å²) in [5.41, 5.74) is 1.02. The second-order valence-electron chi connectivity index (χ2n) is 6.68. The molecule has 0 saturated carbocycles. The van der Waals surface area contributed by atoms with E-state index in [-0.39, 0.29) is 47.9 Å². The molecular weight excluding hydrogens is 373 g/mol. The van der Waals surface area contributed by atoms with E-state index in [0.717, 1.165) is 0 Å². The van der Waals surface area contributed by atoms with E-state index in [9.17, 15) is 17.6 Å². The highest BCUT2D eigenvalue weighted by molar-refractivity contribution is 7.89. The van der Waals surface area contributed by atoms with Gasteiger partial charge in [0.05, 0.1) is 0 Å². The SMILES string of the molecule is Cc1noc(C)c1S(=O)(=O)N1CCC(C(=O)NCc2cccc(F)c2)CC1. The van der Waals surface area contributed by atoms with E-state index in [1.807, 2.05) is 0 Å². The third-order valence-electron chi connectivity index (χ3n) is 4.75. The van der Waals surface area contributed by atoms with Crippen molar-refractivity contribution in [1.29, 1.82) is 0 Å². The van der Waals surface area contributed by atoms with Crippen molar-refractivity contribution >= 4 is 15.9 Å². The molecule has 2 aromatic rings. The van der Waals surface area contributed by atoms with E-state index in [4.69, 9.17) is 4.52 Å². The molecule has 1 aromatic carbocycles. The number of aryl methyl sites for hydroxylation is 2. The van der Waals surface area contributed by atoms with Crippen LogP contribution in [-0.2, 0) is 21.4 Å². The molecule has 0 aliphatic carbocycles. The Morgan fingerprint density at radius 3 is 2.63 bits per heavy atom. The van der Waals surface area contributed by atoms with Crippen LogP contribution in [0.1, 0.15) is 29.9 Å². The van der Waals surface area contributed by atoms with Crippen molar-refractivity contribution in [1.82, 2.24) is 14.8 Å². The molecule has 1 amide bonds. The Morgan fingerprint density at radius 1 is 1.33 bits per heavy atom. The monoisotopic (exact) mass is 395 g/mol. The van der Waals surface area contributed by atoms with Gasteiger partial charge in [0.15, 0.2) is 5.76 Å². The Bertz CT molecular complexity index is 914. The van der Waals surface area contributed by atoms with Crippen LogP contribution < -0.4 is 5.32 Å². The maximum Gasteiger partial charge on any atom is 0.248 e. The smallest absolute Gasteiger partial charge is 0.248 e. The quantitative estimate of drug-likeness (QED) is 0.837. The molecule has 27 heavy (non-hydrogen) atoms. The minimum atomic E-state index is -3.69. The first-order valence-electron chi connectivity index (χ1n) is 8.74. The van der Waals surface area contributed by atoms with Crippen molar-refractivity contribution in [2.24, 2.45) is 5.92 Å². The van der Waals surface area contributed by atoms with E-state index in [2.05, 4.69) is 10.5 Å².